The minimum atomic E-state index is -0.522. The average molecular weight is 325 g/mol. The summed E-state index contributed by atoms with van der Waals surface area (Å²) in [5.41, 5.74) is 2.97. The molecule has 1 N–H and O–H groups in total. The first kappa shape index (κ1) is 16.8. The second-order valence-corrected chi connectivity index (χ2v) is 6.96. The highest BCUT2D eigenvalue weighted by molar-refractivity contribution is 5.97. The molecule has 0 radical (unpaired) electrons. The largest absolute Gasteiger partial charge is 0.369 e. The first-order valence-electron chi connectivity index (χ1n) is 8.68. The van der Waals surface area contributed by atoms with Gasteiger partial charge in [-0.15, -0.1) is 0 Å². The molecular formula is C20H27N3O. The topological polar surface area (TPSA) is 35.6 Å². The van der Waals surface area contributed by atoms with Crippen LogP contribution in [-0.2, 0) is 4.79 Å². The molecule has 1 fully saturated rings. The first-order chi connectivity index (χ1) is 11.5. The highest BCUT2D eigenvalue weighted by Gasteiger charge is 2.39. The zero-order valence-corrected chi connectivity index (χ0v) is 14.9. The third-order valence-corrected chi connectivity index (χ3v) is 5.29. The third kappa shape index (κ3) is 3.11. The number of likely N-dealkylation sites (N-methyl/N-ethyl adjacent to an activating group) is 1. The number of nitrogens with one attached hydrogen (secondary N) is 1. The fraction of sp³-hybridized carbons (Fsp3) is 0.450. The second-order valence-electron chi connectivity index (χ2n) is 6.96. The Labute approximate surface area is 144 Å². The molecule has 1 aromatic carbocycles. The molecular weight excluding hydrogens is 298 g/mol. The van der Waals surface area contributed by atoms with Gasteiger partial charge in [0, 0.05) is 38.9 Å². The lowest BCUT2D eigenvalue weighted by molar-refractivity contribution is -0.126. The molecule has 24 heavy (non-hydrogen) atoms. The van der Waals surface area contributed by atoms with E-state index < -0.39 is 5.41 Å². The summed E-state index contributed by atoms with van der Waals surface area (Å²) in [6, 6.07) is 10.3. The number of piperazine rings is 1. The number of hydrogen-bond donors (Lipinski definition) is 1. The molecule has 4 heteroatoms. The van der Waals surface area contributed by atoms with E-state index in [2.05, 4.69) is 46.4 Å². The van der Waals surface area contributed by atoms with E-state index in [0.29, 0.717) is 0 Å². The summed E-state index contributed by atoms with van der Waals surface area (Å²) in [6.07, 6.45) is 5.18. The van der Waals surface area contributed by atoms with E-state index in [9.17, 15) is 4.79 Å². The number of nitrogens with zero attached hydrogens (tertiary/aromatic N) is 2. The van der Waals surface area contributed by atoms with Crippen LogP contribution < -0.4 is 5.32 Å². The average Bonchev–Trinajstić information content (AvgIpc) is 2.63. The van der Waals surface area contributed by atoms with Gasteiger partial charge in [-0.1, -0.05) is 36.4 Å². The number of carbonyl (C=O) groups excluding carboxylic acids is 1. The van der Waals surface area contributed by atoms with Crippen molar-refractivity contribution >= 4 is 11.5 Å². The fourth-order valence-electron chi connectivity index (χ4n) is 3.58. The molecule has 0 saturated carbocycles. The predicted molar refractivity (Wildman–Crippen MR) is 98.4 cm³/mol. The molecule has 2 aliphatic rings. The standard InChI is InChI=1S/C20H27N3O/c1-20(19(24)21-2)10-9-17(23-13-11-22(3)12-14-23)15-18(20)16-7-5-4-6-8-16/h4-9,15H,10-14H2,1-3H3,(H,21,24). The molecule has 1 unspecified atom stereocenters. The second kappa shape index (κ2) is 6.81. The summed E-state index contributed by atoms with van der Waals surface area (Å²) in [7, 11) is 3.89. The van der Waals surface area contributed by atoms with Crippen LogP contribution in [0, 0.1) is 5.41 Å². The molecule has 1 saturated heterocycles. The van der Waals surface area contributed by atoms with Crippen molar-refractivity contribution in [3.05, 3.63) is 53.7 Å². The van der Waals surface area contributed by atoms with Crippen LogP contribution in [0.2, 0.25) is 0 Å². The van der Waals surface area contributed by atoms with Gasteiger partial charge in [-0.2, -0.15) is 0 Å². The van der Waals surface area contributed by atoms with Crippen LogP contribution in [-0.4, -0.2) is 56.0 Å². The number of hydrogen-bond acceptors (Lipinski definition) is 3. The molecule has 1 atom stereocenters. The molecule has 1 aromatic rings. The summed E-state index contributed by atoms with van der Waals surface area (Å²) >= 11 is 0. The fourth-order valence-corrected chi connectivity index (χ4v) is 3.58. The van der Waals surface area contributed by atoms with E-state index in [4.69, 9.17) is 0 Å². The van der Waals surface area contributed by atoms with Crippen molar-refractivity contribution in [3.63, 3.8) is 0 Å². The minimum absolute atomic E-state index is 0.0753. The Balaban J connectivity index is 1.95. The normalized spacial score (nSPS) is 25.0. The van der Waals surface area contributed by atoms with Gasteiger partial charge < -0.3 is 15.1 Å². The van der Waals surface area contributed by atoms with Gasteiger partial charge in [0.1, 0.15) is 0 Å². The maximum atomic E-state index is 12.6. The SMILES string of the molecule is CNC(=O)C1(C)CC=C(N2CCN(C)CC2)C=C1c1ccccc1. The smallest absolute Gasteiger partial charge is 0.230 e. The molecule has 1 amide bonds. The zero-order valence-electron chi connectivity index (χ0n) is 14.9. The molecule has 128 valence electrons. The van der Waals surface area contributed by atoms with E-state index >= 15 is 0 Å². The lowest BCUT2D eigenvalue weighted by Crippen LogP contribution is -2.45. The van der Waals surface area contributed by atoms with Crippen LogP contribution in [0.5, 0.6) is 0 Å². The van der Waals surface area contributed by atoms with Gasteiger partial charge >= 0.3 is 0 Å². The maximum Gasteiger partial charge on any atom is 0.230 e. The van der Waals surface area contributed by atoms with Crippen molar-refractivity contribution in [2.45, 2.75) is 13.3 Å². The number of benzene rings is 1. The lowest BCUT2D eigenvalue weighted by atomic mass is 9.72. The van der Waals surface area contributed by atoms with Gasteiger partial charge in [0.25, 0.3) is 0 Å². The Morgan fingerprint density at radius 2 is 1.79 bits per heavy atom. The summed E-state index contributed by atoms with van der Waals surface area (Å²) in [4.78, 5) is 17.4. The zero-order chi connectivity index (χ0) is 17.2. The summed E-state index contributed by atoms with van der Waals surface area (Å²) in [5, 5.41) is 2.85. The molecule has 1 aliphatic carbocycles. The van der Waals surface area contributed by atoms with Gasteiger partial charge in [-0.05, 0) is 37.6 Å². The number of rotatable bonds is 3. The van der Waals surface area contributed by atoms with Gasteiger partial charge in [0.15, 0.2) is 0 Å². The van der Waals surface area contributed by atoms with Crippen molar-refractivity contribution in [3.8, 4) is 0 Å². The predicted octanol–water partition coefficient (Wildman–Crippen LogP) is 2.36. The van der Waals surface area contributed by atoms with Crippen molar-refractivity contribution in [2.24, 2.45) is 5.41 Å². The Morgan fingerprint density at radius 3 is 2.42 bits per heavy atom. The molecule has 0 bridgehead atoms. The van der Waals surface area contributed by atoms with Crippen LogP contribution in [0.4, 0.5) is 0 Å². The minimum Gasteiger partial charge on any atom is -0.369 e. The highest BCUT2D eigenvalue weighted by Crippen LogP contribution is 2.43. The number of allylic oxidation sites excluding steroid dienone is 2. The van der Waals surface area contributed by atoms with Gasteiger partial charge in [-0.3, -0.25) is 4.79 Å². The summed E-state index contributed by atoms with van der Waals surface area (Å²) in [6.45, 7) is 6.29. The van der Waals surface area contributed by atoms with Crippen molar-refractivity contribution < 1.29 is 4.79 Å². The Hall–Kier alpha value is -2.07. The lowest BCUT2D eigenvalue weighted by Gasteiger charge is -2.39. The molecule has 4 nitrogen and oxygen atoms in total. The Bertz CT molecular complexity index is 657. The van der Waals surface area contributed by atoms with E-state index in [1.54, 1.807) is 7.05 Å². The third-order valence-electron chi connectivity index (χ3n) is 5.29. The first-order valence-corrected chi connectivity index (χ1v) is 8.68. The molecule has 1 aliphatic heterocycles. The van der Waals surface area contributed by atoms with Crippen LogP contribution in [0.3, 0.4) is 0 Å². The van der Waals surface area contributed by atoms with Crippen molar-refractivity contribution in [1.82, 2.24) is 15.1 Å². The van der Waals surface area contributed by atoms with Gasteiger partial charge in [0.2, 0.25) is 5.91 Å². The van der Waals surface area contributed by atoms with Gasteiger partial charge in [0.05, 0.1) is 5.41 Å². The molecule has 3 rings (SSSR count). The summed E-state index contributed by atoms with van der Waals surface area (Å²) in [5.74, 6) is 0.0753. The van der Waals surface area contributed by atoms with Crippen LogP contribution in [0.1, 0.15) is 18.9 Å². The molecule has 1 heterocycles. The maximum absolute atomic E-state index is 12.6. The Morgan fingerprint density at radius 1 is 1.12 bits per heavy atom. The van der Waals surface area contributed by atoms with E-state index in [1.807, 2.05) is 25.1 Å². The van der Waals surface area contributed by atoms with Crippen molar-refractivity contribution in [2.75, 3.05) is 40.3 Å². The monoisotopic (exact) mass is 325 g/mol. The quantitative estimate of drug-likeness (QED) is 0.927. The van der Waals surface area contributed by atoms with E-state index in [-0.39, 0.29) is 5.91 Å². The molecule has 0 aromatic heterocycles. The number of carbonyl (C=O) groups is 1. The highest BCUT2D eigenvalue weighted by atomic mass is 16.2. The van der Waals surface area contributed by atoms with Crippen molar-refractivity contribution in [1.29, 1.82) is 0 Å². The molecule has 0 spiro atoms. The van der Waals surface area contributed by atoms with Gasteiger partial charge in [-0.25, -0.2) is 0 Å². The summed E-state index contributed by atoms with van der Waals surface area (Å²) < 4.78 is 0. The van der Waals surface area contributed by atoms with Crippen LogP contribution in [0.25, 0.3) is 5.57 Å². The van der Waals surface area contributed by atoms with Crippen LogP contribution >= 0.6 is 0 Å². The Kier molecular flexibility index (Phi) is 4.76. The van der Waals surface area contributed by atoms with E-state index in [0.717, 1.165) is 43.7 Å². The van der Waals surface area contributed by atoms with Crippen LogP contribution in [0.15, 0.2) is 48.2 Å². The van der Waals surface area contributed by atoms with E-state index in [1.165, 1.54) is 5.70 Å². The number of amides is 1.